The van der Waals surface area contributed by atoms with E-state index in [-0.39, 0.29) is 12.6 Å². The molecule has 0 spiro atoms. The molecule has 11 heavy (non-hydrogen) atoms. The second-order valence-corrected chi connectivity index (χ2v) is 2.30. The summed E-state index contributed by atoms with van der Waals surface area (Å²) in [6.45, 7) is -0.0799. The monoisotopic (exact) mass is 153 g/mol. The molecule has 0 saturated carbocycles. The molecule has 1 heterocycles. The first-order valence-corrected chi connectivity index (χ1v) is 3.32. The van der Waals surface area contributed by atoms with Crippen LogP contribution < -0.4 is 11.5 Å². The van der Waals surface area contributed by atoms with Crippen LogP contribution in [0.2, 0.25) is 0 Å². The lowest BCUT2D eigenvalue weighted by atomic mass is 10.1. The zero-order valence-corrected chi connectivity index (χ0v) is 6.07. The molecular weight excluding hydrogens is 142 g/mol. The summed E-state index contributed by atoms with van der Waals surface area (Å²) in [5.74, 6) is 0.423. The molecule has 0 radical (unpaired) electrons. The minimum Gasteiger partial charge on any atom is -0.394 e. The van der Waals surface area contributed by atoms with Crippen LogP contribution in [0.5, 0.6) is 0 Å². The first-order valence-electron chi connectivity index (χ1n) is 3.32. The Balaban J connectivity index is 2.86. The van der Waals surface area contributed by atoms with Gasteiger partial charge < -0.3 is 16.6 Å². The fourth-order valence-corrected chi connectivity index (χ4v) is 0.802. The van der Waals surface area contributed by atoms with Crippen molar-refractivity contribution in [3.8, 4) is 0 Å². The van der Waals surface area contributed by atoms with Gasteiger partial charge in [0.1, 0.15) is 5.82 Å². The number of aliphatic hydroxyl groups is 1. The molecule has 0 bridgehead atoms. The molecule has 1 unspecified atom stereocenters. The summed E-state index contributed by atoms with van der Waals surface area (Å²) in [5.41, 5.74) is 11.7. The van der Waals surface area contributed by atoms with E-state index in [0.29, 0.717) is 5.82 Å². The predicted octanol–water partition coefficient (Wildman–Crippen LogP) is -0.344. The zero-order chi connectivity index (χ0) is 8.27. The normalized spacial score (nSPS) is 12.9. The molecule has 0 amide bonds. The Morgan fingerprint density at radius 2 is 2.36 bits per heavy atom. The summed E-state index contributed by atoms with van der Waals surface area (Å²) in [7, 11) is 0. The first-order chi connectivity index (χ1) is 5.24. The fourth-order valence-electron chi connectivity index (χ4n) is 0.802. The van der Waals surface area contributed by atoms with Crippen LogP contribution in [0.15, 0.2) is 18.3 Å². The number of anilines is 1. The Morgan fingerprint density at radius 3 is 2.91 bits per heavy atom. The summed E-state index contributed by atoms with van der Waals surface area (Å²) in [6, 6.07) is 3.03. The predicted molar refractivity (Wildman–Crippen MR) is 42.7 cm³/mol. The number of aliphatic hydroxyl groups excluding tert-OH is 1. The van der Waals surface area contributed by atoms with Crippen molar-refractivity contribution in [2.24, 2.45) is 5.73 Å². The second kappa shape index (κ2) is 3.32. The molecule has 5 N–H and O–H groups in total. The van der Waals surface area contributed by atoms with Gasteiger partial charge in [0.25, 0.3) is 0 Å². The van der Waals surface area contributed by atoms with Crippen LogP contribution in [-0.2, 0) is 0 Å². The number of nitrogen functional groups attached to an aromatic ring is 1. The third kappa shape index (κ3) is 1.89. The van der Waals surface area contributed by atoms with Crippen molar-refractivity contribution in [1.82, 2.24) is 4.98 Å². The van der Waals surface area contributed by atoms with E-state index >= 15 is 0 Å². The number of hydrogen-bond acceptors (Lipinski definition) is 4. The van der Waals surface area contributed by atoms with E-state index in [9.17, 15) is 0 Å². The lowest BCUT2D eigenvalue weighted by Crippen LogP contribution is -2.14. The highest BCUT2D eigenvalue weighted by Crippen LogP contribution is 2.10. The largest absolute Gasteiger partial charge is 0.394 e. The molecular formula is C7H11N3O. The highest BCUT2D eigenvalue weighted by Gasteiger charge is 2.03. The summed E-state index contributed by atoms with van der Waals surface area (Å²) in [6.07, 6.45) is 1.57. The fraction of sp³-hybridized carbons (Fsp3) is 0.286. The van der Waals surface area contributed by atoms with Gasteiger partial charge >= 0.3 is 0 Å². The van der Waals surface area contributed by atoms with Gasteiger partial charge in [0.15, 0.2) is 0 Å². The third-order valence-corrected chi connectivity index (χ3v) is 1.43. The maximum atomic E-state index is 8.69. The molecule has 0 fully saturated rings. The summed E-state index contributed by atoms with van der Waals surface area (Å²) < 4.78 is 0. The van der Waals surface area contributed by atoms with Gasteiger partial charge in [0.05, 0.1) is 12.6 Å². The Bertz CT molecular complexity index is 239. The van der Waals surface area contributed by atoms with Crippen molar-refractivity contribution in [3.63, 3.8) is 0 Å². The van der Waals surface area contributed by atoms with Gasteiger partial charge in [-0.2, -0.15) is 0 Å². The van der Waals surface area contributed by atoms with E-state index in [1.807, 2.05) is 0 Å². The molecule has 0 aliphatic carbocycles. The van der Waals surface area contributed by atoms with Crippen LogP contribution in [-0.4, -0.2) is 16.7 Å². The quantitative estimate of drug-likeness (QED) is 0.542. The highest BCUT2D eigenvalue weighted by molar-refractivity contribution is 5.33. The maximum absolute atomic E-state index is 8.69. The number of aromatic nitrogens is 1. The van der Waals surface area contributed by atoms with Crippen molar-refractivity contribution in [2.45, 2.75) is 6.04 Å². The van der Waals surface area contributed by atoms with E-state index < -0.39 is 0 Å². The van der Waals surface area contributed by atoms with E-state index in [2.05, 4.69) is 4.98 Å². The van der Waals surface area contributed by atoms with Crippen LogP contribution in [0.1, 0.15) is 11.6 Å². The Kier molecular flexibility index (Phi) is 2.40. The highest BCUT2D eigenvalue weighted by atomic mass is 16.3. The molecule has 0 aliphatic rings. The Labute approximate surface area is 64.9 Å². The van der Waals surface area contributed by atoms with E-state index in [1.54, 1.807) is 18.3 Å². The van der Waals surface area contributed by atoms with Crippen molar-refractivity contribution in [2.75, 3.05) is 12.3 Å². The Morgan fingerprint density at radius 1 is 1.64 bits per heavy atom. The first kappa shape index (κ1) is 7.97. The average Bonchev–Trinajstić information content (AvgIpc) is 2.03. The van der Waals surface area contributed by atoms with Crippen molar-refractivity contribution < 1.29 is 5.11 Å². The summed E-state index contributed by atoms with van der Waals surface area (Å²) >= 11 is 0. The molecule has 60 valence electrons. The van der Waals surface area contributed by atoms with Crippen LogP contribution >= 0.6 is 0 Å². The van der Waals surface area contributed by atoms with Crippen LogP contribution in [0.3, 0.4) is 0 Å². The van der Waals surface area contributed by atoms with E-state index in [0.717, 1.165) is 5.56 Å². The number of nitrogens with two attached hydrogens (primary N) is 2. The lowest BCUT2D eigenvalue weighted by Gasteiger charge is -2.07. The van der Waals surface area contributed by atoms with Crippen LogP contribution in [0, 0.1) is 0 Å². The molecule has 1 aromatic rings. The lowest BCUT2D eigenvalue weighted by molar-refractivity contribution is 0.268. The molecule has 0 aromatic carbocycles. The maximum Gasteiger partial charge on any atom is 0.123 e. The van der Waals surface area contributed by atoms with E-state index in [4.69, 9.17) is 16.6 Å². The molecule has 1 aromatic heterocycles. The van der Waals surface area contributed by atoms with Crippen LogP contribution in [0.4, 0.5) is 5.82 Å². The van der Waals surface area contributed by atoms with Gasteiger partial charge in [-0.1, -0.05) is 0 Å². The third-order valence-electron chi connectivity index (χ3n) is 1.43. The van der Waals surface area contributed by atoms with Gasteiger partial charge in [-0.05, 0) is 17.7 Å². The zero-order valence-electron chi connectivity index (χ0n) is 6.07. The molecule has 0 saturated heterocycles. The molecule has 4 heteroatoms. The second-order valence-electron chi connectivity index (χ2n) is 2.30. The molecule has 4 nitrogen and oxygen atoms in total. The molecule has 1 atom stereocenters. The number of hydrogen-bond donors (Lipinski definition) is 3. The SMILES string of the molecule is Nc1cc(C(N)CO)ccn1. The van der Waals surface area contributed by atoms with Crippen molar-refractivity contribution in [1.29, 1.82) is 0 Å². The standard InChI is InChI=1S/C7H11N3O/c8-6(4-11)5-1-2-10-7(9)3-5/h1-3,6,11H,4,8H2,(H2,9,10). The average molecular weight is 153 g/mol. The summed E-state index contributed by atoms with van der Waals surface area (Å²) in [4.78, 5) is 3.80. The van der Waals surface area contributed by atoms with Gasteiger partial charge in [0.2, 0.25) is 0 Å². The van der Waals surface area contributed by atoms with Gasteiger partial charge in [-0.3, -0.25) is 0 Å². The molecule has 0 aliphatic heterocycles. The summed E-state index contributed by atoms with van der Waals surface area (Å²) in [5, 5.41) is 8.69. The van der Waals surface area contributed by atoms with Crippen molar-refractivity contribution in [3.05, 3.63) is 23.9 Å². The topological polar surface area (TPSA) is 85.2 Å². The van der Waals surface area contributed by atoms with Crippen LogP contribution in [0.25, 0.3) is 0 Å². The van der Waals surface area contributed by atoms with E-state index in [1.165, 1.54) is 0 Å². The minimum atomic E-state index is -0.361. The van der Waals surface area contributed by atoms with Crippen molar-refractivity contribution >= 4 is 5.82 Å². The number of pyridine rings is 1. The molecule has 1 rings (SSSR count). The number of nitrogens with zero attached hydrogens (tertiary/aromatic N) is 1. The van der Waals surface area contributed by atoms with Gasteiger partial charge in [0, 0.05) is 6.20 Å². The van der Waals surface area contributed by atoms with Gasteiger partial charge in [-0.25, -0.2) is 4.98 Å². The van der Waals surface area contributed by atoms with Gasteiger partial charge in [-0.15, -0.1) is 0 Å². The Hall–Kier alpha value is -1.13. The number of rotatable bonds is 2. The smallest absolute Gasteiger partial charge is 0.123 e. The minimum absolute atomic E-state index is 0.0799.